The van der Waals surface area contributed by atoms with Crippen LogP contribution < -0.4 is 10.0 Å². The summed E-state index contributed by atoms with van der Waals surface area (Å²) in [6.45, 7) is 4.16. The van der Waals surface area contributed by atoms with Crippen LogP contribution in [0, 0.1) is 0 Å². The summed E-state index contributed by atoms with van der Waals surface area (Å²) in [7, 11) is -9.07. The lowest BCUT2D eigenvalue weighted by atomic mass is 9.93. The van der Waals surface area contributed by atoms with Crippen molar-refractivity contribution in [3.8, 4) is 0 Å². The van der Waals surface area contributed by atoms with Gasteiger partial charge in [0.1, 0.15) is 4.90 Å². The summed E-state index contributed by atoms with van der Waals surface area (Å²) in [5, 5.41) is 2.97. The van der Waals surface area contributed by atoms with Crippen LogP contribution >= 0.6 is 11.8 Å². The van der Waals surface area contributed by atoms with Crippen LogP contribution in [0.25, 0.3) is 0 Å². The van der Waals surface area contributed by atoms with E-state index in [1.54, 1.807) is 17.9 Å². The van der Waals surface area contributed by atoms with Gasteiger partial charge in [0, 0.05) is 49.0 Å². The lowest BCUT2D eigenvalue weighted by Crippen LogP contribution is -2.44. The summed E-state index contributed by atoms with van der Waals surface area (Å²) in [4.78, 5) is 13.6. The number of likely N-dealkylation sites (tertiary alicyclic amines) is 1. The van der Waals surface area contributed by atoms with Crippen LogP contribution in [0.5, 0.6) is 0 Å². The summed E-state index contributed by atoms with van der Waals surface area (Å²) in [6.07, 6.45) is 2.08. The number of hydrogen-bond donors (Lipinski definition) is 2. The molecule has 0 radical (unpaired) electrons. The van der Waals surface area contributed by atoms with Crippen LogP contribution in [0.4, 0.5) is 18.9 Å². The topological polar surface area (TPSA) is 122 Å². The first-order chi connectivity index (χ1) is 21.6. The van der Waals surface area contributed by atoms with Gasteiger partial charge in [0.25, 0.3) is 25.8 Å². The molecule has 4 rings (SSSR count). The van der Waals surface area contributed by atoms with Gasteiger partial charge in [-0.3, -0.25) is 4.79 Å². The van der Waals surface area contributed by atoms with Crippen molar-refractivity contribution in [2.24, 2.45) is 0 Å². The van der Waals surface area contributed by atoms with Gasteiger partial charge in [0.15, 0.2) is 0 Å². The van der Waals surface area contributed by atoms with Gasteiger partial charge in [-0.25, -0.2) is 21.6 Å². The highest BCUT2D eigenvalue weighted by Crippen LogP contribution is 2.37. The zero-order chi connectivity index (χ0) is 33.6. The molecule has 1 heterocycles. The molecule has 0 spiro atoms. The zero-order valence-corrected chi connectivity index (χ0v) is 27.7. The number of amides is 1. The molecule has 1 saturated heterocycles. The molecule has 15 heteroatoms. The molecule has 0 aliphatic carbocycles. The first kappa shape index (κ1) is 35.7. The third kappa shape index (κ3) is 9.03. The first-order valence-electron chi connectivity index (χ1n) is 14.4. The summed E-state index contributed by atoms with van der Waals surface area (Å²) < 4.78 is 101. The maximum atomic E-state index is 13.9. The molecule has 1 fully saturated rings. The Hall–Kier alpha value is -3.11. The lowest BCUT2D eigenvalue weighted by Gasteiger charge is -2.38. The molecule has 9 nitrogen and oxygen atoms in total. The number of alkyl halides is 3. The quantitative estimate of drug-likeness (QED) is 0.221. The molecule has 1 amide bonds. The van der Waals surface area contributed by atoms with E-state index < -0.39 is 52.8 Å². The van der Waals surface area contributed by atoms with Gasteiger partial charge in [-0.05, 0) is 68.7 Å². The number of nitrogens with one attached hydrogen (secondary N) is 2. The highest BCUT2D eigenvalue weighted by atomic mass is 32.2. The molecular weight excluding hydrogens is 664 g/mol. The minimum atomic E-state index is -6.01. The molecule has 1 aliphatic heterocycles. The molecule has 0 saturated carbocycles. The summed E-state index contributed by atoms with van der Waals surface area (Å²) >= 11 is 1.45. The standard InChI is InChI=1S/C31H36F3N3O6S3/c1-30(43-2)16-19-37(20-17-30)18-15-24(22-44-25-11-7-4-8-12-25)35-27-14-13-26(21-28(27)45(39,40)31(32,33)34)46(41,42)36-29(38)23-9-5-3-6-10-23/h3-14,21,24,35H,15-20,22H2,1-2H3,(H,36,38). The minimum absolute atomic E-state index is 0.00758. The van der Waals surface area contributed by atoms with E-state index in [1.165, 1.54) is 36.0 Å². The Labute approximate surface area is 271 Å². The number of ether oxygens (including phenoxy) is 1. The number of hydrogen-bond acceptors (Lipinski definition) is 9. The number of halogens is 3. The average Bonchev–Trinajstić information content (AvgIpc) is 3.03. The van der Waals surface area contributed by atoms with Crippen molar-refractivity contribution in [1.82, 2.24) is 9.62 Å². The number of benzene rings is 3. The number of sulfonamides is 1. The van der Waals surface area contributed by atoms with Crippen molar-refractivity contribution in [3.05, 3.63) is 84.4 Å². The van der Waals surface area contributed by atoms with E-state index >= 15 is 0 Å². The van der Waals surface area contributed by atoms with Gasteiger partial charge < -0.3 is 15.0 Å². The Morgan fingerprint density at radius 3 is 2.17 bits per heavy atom. The van der Waals surface area contributed by atoms with Crippen LogP contribution in [-0.4, -0.2) is 77.3 Å². The second kappa shape index (κ2) is 14.8. The fraction of sp³-hybridized carbons (Fsp3) is 0.387. The molecule has 1 unspecified atom stereocenters. The summed E-state index contributed by atoms with van der Waals surface area (Å²) in [6, 6.07) is 18.6. The van der Waals surface area contributed by atoms with E-state index in [2.05, 4.69) is 10.2 Å². The molecule has 1 aliphatic rings. The Balaban J connectivity index is 1.63. The molecule has 3 aromatic carbocycles. The van der Waals surface area contributed by atoms with Crippen molar-refractivity contribution in [3.63, 3.8) is 0 Å². The second-order valence-electron chi connectivity index (χ2n) is 11.2. The molecular formula is C31H36F3N3O6S3. The maximum absolute atomic E-state index is 13.9. The molecule has 2 N–H and O–H groups in total. The normalized spacial score (nSPS) is 16.5. The number of carbonyl (C=O) groups is 1. The van der Waals surface area contributed by atoms with Gasteiger partial charge in [0.05, 0.1) is 16.2 Å². The van der Waals surface area contributed by atoms with Gasteiger partial charge >= 0.3 is 5.51 Å². The van der Waals surface area contributed by atoms with Crippen LogP contribution in [0.3, 0.4) is 0 Å². The maximum Gasteiger partial charge on any atom is 0.501 e. The molecule has 0 aromatic heterocycles. The fourth-order valence-electron chi connectivity index (χ4n) is 4.89. The predicted octanol–water partition coefficient (Wildman–Crippen LogP) is 5.56. The van der Waals surface area contributed by atoms with Crippen molar-refractivity contribution in [2.45, 2.75) is 58.0 Å². The molecule has 1 atom stereocenters. The molecule has 3 aromatic rings. The third-order valence-electron chi connectivity index (χ3n) is 7.87. The van der Waals surface area contributed by atoms with E-state index in [0.29, 0.717) is 24.8 Å². The largest absolute Gasteiger partial charge is 0.501 e. The number of nitrogens with zero attached hydrogens (tertiary/aromatic N) is 1. The van der Waals surface area contributed by atoms with Crippen LogP contribution in [0.1, 0.15) is 36.5 Å². The number of thioether (sulfide) groups is 1. The lowest BCUT2D eigenvalue weighted by molar-refractivity contribution is -0.0437. The first-order valence-corrected chi connectivity index (χ1v) is 18.4. The smallest absolute Gasteiger partial charge is 0.380 e. The van der Waals surface area contributed by atoms with Crippen LogP contribution in [0.15, 0.2) is 93.5 Å². The predicted molar refractivity (Wildman–Crippen MR) is 171 cm³/mol. The number of piperidine rings is 1. The second-order valence-corrected chi connectivity index (χ2v) is 15.8. The van der Waals surface area contributed by atoms with Crippen molar-refractivity contribution < 1.29 is 39.5 Å². The molecule has 250 valence electrons. The van der Waals surface area contributed by atoms with E-state index in [9.17, 15) is 34.8 Å². The minimum Gasteiger partial charge on any atom is -0.380 e. The van der Waals surface area contributed by atoms with Gasteiger partial charge in [0.2, 0.25) is 0 Å². The molecule has 46 heavy (non-hydrogen) atoms. The Bertz CT molecular complexity index is 1700. The Kier molecular flexibility index (Phi) is 11.5. The van der Waals surface area contributed by atoms with E-state index in [1.807, 2.05) is 37.3 Å². The summed E-state index contributed by atoms with van der Waals surface area (Å²) in [5.74, 6) is -0.642. The van der Waals surface area contributed by atoms with Gasteiger partial charge in [-0.15, -0.1) is 11.8 Å². The van der Waals surface area contributed by atoms with E-state index in [-0.39, 0.29) is 11.2 Å². The number of rotatable bonds is 13. The number of methoxy groups -OCH3 is 1. The SMILES string of the molecule is COC1(C)CCN(CCC(CSc2ccccc2)Nc2ccc(S(=O)(=O)NC(=O)c3ccccc3)cc2S(=O)(=O)C(F)(F)F)CC1. The highest BCUT2D eigenvalue weighted by molar-refractivity contribution is 7.99. The number of anilines is 1. The monoisotopic (exact) mass is 699 g/mol. The van der Waals surface area contributed by atoms with Crippen molar-refractivity contribution >= 4 is 43.2 Å². The van der Waals surface area contributed by atoms with E-state index in [0.717, 1.165) is 43.0 Å². The van der Waals surface area contributed by atoms with Crippen molar-refractivity contribution in [2.75, 3.05) is 37.8 Å². The van der Waals surface area contributed by atoms with Crippen LogP contribution in [-0.2, 0) is 24.6 Å². The van der Waals surface area contributed by atoms with Crippen molar-refractivity contribution in [1.29, 1.82) is 0 Å². The van der Waals surface area contributed by atoms with E-state index in [4.69, 9.17) is 4.74 Å². The Morgan fingerprint density at radius 2 is 1.59 bits per heavy atom. The summed E-state index contributed by atoms with van der Waals surface area (Å²) in [5.41, 5.74) is -6.34. The number of sulfone groups is 1. The zero-order valence-electron chi connectivity index (χ0n) is 25.3. The Morgan fingerprint density at radius 1 is 0.978 bits per heavy atom. The molecule has 0 bridgehead atoms. The van der Waals surface area contributed by atoms with Gasteiger partial charge in [-0.2, -0.15) is 13.2 Å². The third-order valence-corrected chi connectivity index (χ3v) is 11.9. The van der Waals surface area contributed by atoms with Crippen LogP contribution in [0.2, 0.25) is 0 Å². The fourth-order valence-corrected chi connectivity index (χ4v) is 7.90. The highest BCUT2D eigenvalue weighted by Gasteiger charge is 2.48. The number of carbonyl (C=O) groups excluding carboxylic acids is 1. The average molecular weight is 700 g/mol. The van der Waals surface area contributed by atoms with Gasteiger partial charge in [-0.1, -0.05) is 36.4 Å².